The lowest BCUT2D eigenvalue weighted by Gasteiger charge is -2.25. The van der Waals surface area contributed by atoms with Gasteiger partial charge in [0, 0.05) is 6.04 Å². The van der Waals surface area contributed by atoms with Crippen LogP contribution < -0.4 is 14.8 Å². The van der Waals surface area contributed by atoms with E-state index in [1.165, 1.54) is 19.3 Å². The Hall–Kier alpha value is -2.61. The van der Waals surface area contributed by atoms with Crippen LogP contribution in [0.1, 0.15) is 55.6 Å². The first-order chi connectivity index (χ1) is 13.6. The van der Waals surface area contributed by atoms with Crippen molar-refractivity contribution in [2.45, 2.75) is 50.7 Å². The summed E-state index contributed by atoms with van der Waals surface area (Å²) in [6.07, 6.45) is 7.86. The molecule has 1 aromatic carbocycles. The number of nitrogens with one attached hydrogen (secondary N) is 1. The molecule has 2 heterocycles. The maximum atomic E-state index is 13.0. The molecule has 1 fully saturated rings. The van der Waals surface area contributed by atoms with Gasteiger partial charge in [0.15, 0.2) is 17.3 Å². The second-order valence-electron chi connectivity index (χ2n) is 7.64. The fourth-order valence-corrected chi connectivity index (χ4v) is 4.09. The molecule has 1 aromatic heterocycles. The third-order valence-electron chi connectivity index (χ3n) is 5.51. The number of rotatable bonds is 6. The largest absolute Gasteiger partial charge is 0.454 e. The first-order valence-corrected chi connectivity index (χ1v) is 9.85. The zero-order valence-electron chi connectivity index (χ0n) is 16.4. The number of likely N-dealkylation sites (N-methyl/N-ethyl adjacent to an activating group) is 1. The highest BCUT2D eigenvalue weighted by Crippen LogP contribution is 2.35. The third kappa shape index (κ3) is 3.82. The number of hydrogen-bond donors (Lipinski definition) is 1. The lowest BCUT2D eigenvalue weighted by molar-refractivity contribution is -0.126. The molecule has 0 unspecified atom stereocenters. The summed E-state index contributed by atoms with van der Waals surface area (Å²) in [7, 11) is 3.78. The molecule has 4 rings (SSSR count). The molecule has 1 N–H and O–H groups in total. The van der Waals surface area contributed by atoms with Gasteiger partial charge in [0.2, 0.25) is 12.7 Å². The minimum Gasteiger partial charge on any atom is -0.454 e. The Morgan fingerprint density at radius 2 is 2.04 bits per heavy atom. The minimum atomic E-state index is -0.430. The van der Waals surface area contributed by atoms with Crippen LogP contribution in [0.15, 0.2) is 24.5 Å². The summed E-state index contributed by atoms with van der Waals surface area (Å²) < 4.78 is 13.0. The third-order valence-corrected chi connectivity index (χ3v) is 5.51. The number of benzene rings is 1. The van der Waals surface area contributed by atoms with Crippen molar-refractivity contribution in [2.75, 3.05) is 20.9 Å². The van der Waals surface area contributed by atoms with Crippen molar-refractivity contribution in [2.24, 2.45) is 0 Å². The van der Waals surface area contributed by atoms with Gasteiger partial charge in [0.05, 0.1) is 6.54 Å². The van der Waals surface area contributed by atoms with Crippen LogP contribution in [0.3, 0.4) is 0 Å². The van der Waals surface area contributed by atoms with E-state index < -0.39 is 6.04 Å². The summed E-state index contributed by atoms with van der Waals surface area (Å²) in [5.41, 5.74) is 0.862. The van der Waals surface area contributed by atoms with Crippen LogP contribution in [0.5, 0.6) is 11.5 Å². The first kappa shape index (κ1) is 18.7. The van der Waals surface area contributed by atoms with Crippen molar-refractivity contribution in [1.82, 2.24) is 25.0 Å². The van der Waals surface area contributed by atoms with Crippen molar-refractivity contribution in [1.29, 1.82) is 0 Å². The summed E-state index contributed by atoms with van der Waals surface area (Å²) in [4.78, 5) is 14.9. The van der Waals surface area contributed by atoms with Crippen LogP contribution in [0.25, 0.3) is 0 Å². The number of aromatic nitrogens is 3. The normalized spacial score (nSPS) is 17.7. The molecular weight excluding hydrogens is 358 g/mol. The predicted molar refractivity (Wildman–Crippen MR) is 103 cm³/mol. The van der Waals surface area contributed by atoms with Crippen LogP contribution >= 0.6 is 0 Å². The molecule has 0 bridgehead atoms. The van der Waals surface area contributed by atoms with Gasteiger partial charge in [-0.2, -0.15) is 0 Å². The van der Waals surface area contributed by atoms with E-state index >= 15 is 0 Å². The fraction of sp³-hybridized carbons (Fsp3) is 0.550. The van der Waals surface area contributed by atoms with Gasteiger partial charge in [-0.1, -0.05) is 25.3 Å². The zero-order valence-corrected chi connectivity index (χ0v) is 16.4. The predicted octanol–water partition coefficient (Wildman–Crippen LogP) is 2.43. The molecule has 8 heteroatoms. The lowest BCUT2D eigenvalue weighted by atomic mass is 9.95. The maximum Gasteiger partial charge on any atom is 0.242 e. The number of fused-ring (bicyclic) bond motifs is 1. The molecule has 1 aliphatic heterocycles. The van der Waals surface area contributed by atoms with Gasteiger partial charge in [0.1, 0.15) is 12.4 Å². The Morgan fingerprint density at radius 1 is 1.25 bits per heavy atom. The Labute approximate surface area is 164 Å². The Balaban J connectivity index is 1.45. The van der Waals surface area contributed by atoms with Gasteiger partial charge in [0.25, 0.3) is 0 Å². The van der Waals surface area contributed by atoms with Crippen molar-refractivity contribution in [3.05, 3.63) is 35.9 Å². The van der Waals surface area contributed by atoms with E-state index in [9.17, 15) is 4.79 Å². The van der Waals surface area contributed by atoms with Crippen LogP contribution in [0, 0.1) is 0 Å². The van der Waals surface area contributed by atoms with Gasteiger partial charge in [-0.15, -0.1) is 10.2 Å². The molecule has 8 nitrogen and oxygen atoms in total. The smallest absolute Gasteiger partial charge is 0.242 e. The number of hydrogen-bond acceptors (Lipinski definition) is 6. The van der Waals surface area contributed by atoms with E-state index in [1.54, 1.807) is 6.33 Å². The number of ether oxygens (including phenoxy) is 2. The minimum absolute atomic E-state index is 0.0814. The highest BCUT2D eigenvalue weighted by Gasteiger charge is 2.26. The van der Waals surface area contributed by atoms with E-state index in [-0.39, 0.29) is 12.7 Å². The SMILES string of the molecule is CN(C)[C@H](C(=O)NCc1nncn1C1CCCCC1)c1ccc2c(c1)OCO2. The first-order valence-electron chi connectivity index (χ1n) is 9.85. The van der Waals surface area contributed by atoms with Crippen LogP contribution in [0.4, 0.5) is 0 Å². The maximum absolute atomic E-state index is 13.0. The molecule has 1 saturated carbocycles. The number of carbonyl (C=O) groups excluding carboxylic acids is 1. The summed E-state index contributed by atoms with van der Waals surface area (Å²) in [5.74, 6) is 2.11. The van der Waals surface area contributed by atoms with Crippen molar-refractivity contribution in [3.63, 3.8) is 0 Å². The summed E-state index contributed by atoms with van der Waals surface area (Å²) >= 11 is 0. The Bertz CT molecular complexity index is 829. The van der Waals surface area contributed by atoms with Crippen molar-refractivity contribution >= 4 is 5.91 Å². The summed E-state index contributed by atoms with van der Waals surface area (Å²) in [6.45, 7) is 0.582. The van der Waals surface area contributed by atoms with Crippen molar-refractivity contribution < 1.29 is 14.3 Å². The Kier molecular flexibility index (Phi) is 5.47. The van der Waals surface area contributed by atoms with Crippen molar-refractivity contribution in [3.8, 4) is 11.5 Å². The second kappa shape index (κ2) is 8.18. The van der Waals surface area contributed by atoms with Gasteiger partial charge >= 0.3 is 0 Å². The molecule has 28 heavy (non-hydrogen) atoms. The van der Waals surface area contributed by atoms with Gasteiger partial charge < -0.3 is 19.4 Å². The topological polar surface area (TPSA) is 81.5 Å². The molecule has 0 saturated heterocycles. The quantitative estimate of drug-likeness (QED) is 0.823. The molecule has 1 amide bonds. The van der Waals surface area contributed by atoms with Crippen LogP contribution in [-0.4, -0.2) is 46.5 Å². The van der Waals surface area contributed by atoms with Gasteiger partial charge in [-0.05, 0) is 44.6 Å². The van der Waals surface area contributed by atoms with Gasteiger partial charge in [-0.3, -0.25) is 9.69 Å². The molecule has 0 spiro atoms. The average Bonchev–Trinajstić information content (AvgIpc) is 3.35. The number of carbonyl (C=O) groups is 1. The molecule has 0 radical (unpaired) electrons. The number of nitrogens with zero attached hydrogens (tertiary/aromatic N) is 4. The van der Waals surface area contributed by atoms with Crippen LogP contribution in [-0.2, 0) is 11.3 Å². The molecular formula is C20H27N5O3. The highest BCUT2D eigenvalue weighted by atomic mass is 16.7. The van der Waals surface area contributed by atoms with Crippen LogP contribution in [0.2, 0.25) is 0 Å². The van der Waals surface area contributed by atoms with E-state index in [1.807, 2.05) is 37.2 Å². The molecule has 150 valence electrons. The van der Waals surface area contributed by atoms with E-state index in [4.69, 9.17) is 9.47 Å². The molecule has 2 aliphatic rings. The molecule has 2 aromatic rings. The second-order valence-corrected chi connectivity index (χ2v) is 7.64. The Morgan fingerprint density at radius 3 is 2.82 bits per heavy atom. The standard InChI is InChI=1S/C20H27N5O3/c1-24(2)19(14-8-9-16-17(10-14)28-13-27-16)20(26)21-11-18-23-22-12-25(18)15-6-4-3-5-7-15/h8-10,12,15,19H,3-7,11,13H2,1-2H3,(H,21,26)/t19-/m0/s1. The zero-order chi connectivity index (χ0) is 19.5. The van der Waals surface area contributed by atoms with E-state index in [0.29, 0.717) is 24.1 Å². The average molecular weight is 385 g/mol. The van der Waals surface area contributed by atoms with Gasteiger partial charge in [-0.25, -0.2) is 0 Å². The number of amides is 1. The molecule has 1 aliphatic carbocycles. The fourth-order valence-electron chi connectivity index (χ4n) is 4.09. The lowest BCUT2D eigenvalue weighted by Crippen LogP contribution is -2.37. The summed E-state index contributed by atoms with van der Waals surface area (Å²) in [5, 5.41) is 11.3. The summed E-state index contributed by atoms with van der Waals surface area (Å²) in [6, 6.07) is 5.63. The highest BCUT2D eigenvalue weighted by molar-refractivity contribution is 5.83. The van der Waals surface area contributed by atoms with E-state index in [2.05, 4.69) is 20.1 Å². The monoisotopic (exact) mass is 385 g/mol. The van der Waals surface area contributed by atoms with E-state index in [0.717, 1.165) is 24.2 Å². The molecule has 1 atom stereocenters.